The third-order valence-electron chi connectivity index (χ3n) is 3.05. The summed E-state index contributed by atoms with van der Waals surface area (Å²) in [4.78, 5) is 13.5. The molecule has 2 heterocycles. The Balaban J connectivity index is 1.77. The van der Waals surface area contributed by atoms with Gasteiger partial charge in [0.05, 0.1) is 13.5 Å². The van der Waals surface area contributed by atoms with Gasteiger partial charge in [0.1, 0.15) is 0 Å². The summed E-state index contributed by atoms with van der Waals surface area (Å²) in [6.45, 7) is 0.918. The molecule has 0 saturated carbocycles. The fourth-order valence-electron chi connectivity index (χ4n) is 1.97. The van der Waals surface area contributed by atoms with E-state index in [-0.39, 0.29) is 5.97 Å². The van der Waals surface area contributed by atoms with Crippen molar-refractivity contribution in [1.29, 1.82) is 0 Å². The molecule has 1 N–H and O–H groups in total. The highest BCUT2D eigenvalue weighted by atomic mass is 32.2. The molecule has 2 rings (SSSR count). The molecule has 1 aliphatic heterocycles. The monoisotopic (exact) mass is 285 g/mol. The Labute approximate surface area is 116 Å². The van der Waals surface area contributed by atoms with Crippen LogP contribution in [0.25, 0.3) is 0 Å². The van der Waals surface area contributed by atoms with Gasteiger partial charge in [0.2, 0.25) is 0 Å². The lowest BCUT2D eigenvalue weighted by molar-refractivity contribution is -0.139. The number of thioether (sulfide) groups is 1. The minimum atomic E-state index is -0.166. The number of rotatable bonds is 5. The first-order valence-corrected chi connectivity index (χ1v) is 8.20. The lowest BCUT2D eigenvalue weighted by atomic mass is 10.1. The average Bonchev–Trinajstić information content (AvgIpc) is 2.85. The number of ether oxygens (including phenoxy) is 1. The van der Waals surface area contributed by atoms with Crippen LogP contribution in [0, 0.1) is 0 Å². The Hall–Kier alpha value is -0.520. The van der Waals surface area contributed by atoms with E-state index in [1.807, 2.05) is 17.8 Å². The van der Waals surface area contributed by atoms with Gasteiger partial charge in [-0.3, -0.25) is 4.79 Å². The van der Waals surface area contributed by atoms with E-state index < -0.39 is 0 Å². The highest BCUT2D eigenvalue weighted by molar-refractivity contribution is 7.99. The van der Waals surface area contributed by atoms with Crippen molar-refractivity contribution in [3.05, 3.63) is 21.9 Å². The molecule has 0 aromatic carbocycles. The zero-order valence-electron chi connectivity index (χ0n) is 10.6. The van der Waals surface area contributed by atoms with Crippen molar-refractivity contribution < 1.29 is 9.53 Å². The van der Waals surface area contributed by atoms with Gasteiger partial charge in [0.15, 0.2) is 0 Å². The Morgan fingerprint density at radius 3 is 2.83 bits per heavy atom. The largest absolute Gasteiger partial charge is 0.469 e. The minimum Gasteiger partial charge on any atom is -0.469 e. The van der Waals surface area contributed by atoms with Gasteiger partial charge in [-0.2, -0.15) is 11.8 Å². The fraction of sp³-hybridized carbons (Fsp3) is 0.615. The van der Waals surface area contributed by atoms with Crippen molar-refractivity contribution in [1.82, 2.24) is 5.32 Å². The summed E-state index contributed by atoms with van der Waals surface area (Å²) >= 11 is 3.74. The van der Waals surface area contributed by atoms with E-state index in [0.29, 0.717) is 12.5 Å². The molecule has 0 atom stereocenters. The maximum atomic E-state index is 11.2. The maximum Gasteiger partial charge on any atom is 0.310 e. The molecule has 18 heavy (non-hydrogen) atoms. The van der Waals surface area contributed by atoms with Crippen LogP contribution in [0.15, 0.2) is 12.1 Å². The van der Waals surface area contributed by atoms with Crippen molar-refractivity contribution in [3.8, 4) is 0 Å². The number of carbonyl (C=O) groups excluding carboxylic acids is 1. The van der Waals surface area contributed by atoms with Crippen LogP contribution in [0.5, 0.6) is 0 Å². The first-order valence-electron chi connectivity index (χ1n) is 6.23. The molecule has 0 amide bonds. The summed E-state index contributed by atoms with van der Waals surface area (Å²) in [6, 6.07) is 4.79. The fourth-order valence-corrected chi connectivity index (χ4v) is 4.03. The first-order chi connectivity index (χ1) is 8.78. The van der Waals surface area contributed by atoms with Crippen LogP contribution in [-0.4, -0.2) is 30.6 Å². The zero-order valence-corrected chi connectivity index (χ0v) is 12.2. The van der Waals surface area contributed by atoms with Crippen LogP contribution in [0.4, 0.5) is 0 Å². The van der Waals surface area contributed by atoms with Gasteiger partial charge < -0.3 is 10.1 Å². The molecule has 0 unspecified atom stereocenters. The number of esters is 1. The van der Waals surface area contributed by atoms with Gasteiger partial charge in [0.25, 0.3) is 0 Å². The van der Waals surface area contributed by atoms with Crippen LogP contribution in [-0.2, 0) is 22.5 Å². The first kappa shape index (κ1) is 13.9. The quantitative estimate of drug-likeness (QED) is 0.843. The molecular weight excluding hydrogens is 266 g/mol. The molecule has 1 aliphatic rings. The lowest BCUT2D eigenvalue weighted by Gasteiger charge is -2.22. The Morgan fingerprint density at radius 2 is 2.11 bits per heavy atom. The summed E-state index contributed by atoms with van der Waals surface area (Å²) in [5, 5.41) is 3.60. The van der Waals surface area contributed by atoms with Gasteiger partial charge in [-0.1, -0.05) is 0 Å². The van der Waals surface area contributed by atoms with Gasteiger partial charge in [-0.25, -0.2) is 0 Å². The molecule has 0 radical (unpaired) electrons. The second kappa shape index (κ2) is 7.16. The lowest BCUT2D eigenvalue weighted by Crippen LogP contribution is -2.31. The van der Waals surface area contributed by atoms with Crippen molar-refractivity contribution in [2.75, 3.05) is 18.6 Å². The second-order valence-electron chi connectivity index (χ2n) is 4.39. The van der Waals surface area contributed by atoms with Crippen molar-refractivity contribution in [3.63, 3.8) is 0 Å². The summed E-state index contributed by atoms with van der Waals surface area (Å²) in [6.07, 6.45) is 2.93. The highest BCUT2D eigenvalue weighted by Gasteiger charge is 2.13. The second-order valence-corrected chi connectivity index (χ2v) is 6.87. The molecule has 0 spiro atoms. The molecule has 1 saturated heterocycles. The van der Waals surface area contributed by atoms with E-state index >= 15 is 0 Å². The Kier molecular flexibility index (Phi) is 5.53. The number of hydrogen-bond acceptors (Lipinski definition) is 5. The normalized spacial score (nSPS) is 16.7. The van der Waals surface area contributed by atoms with Crippen LogP contribution in [0.1, 0.15) is 22.6 Å². The average molecular weight is 285 g/mol. The van der Waals surface area contributed by atoms with E-state index in [4.69, 9.17) is 0 Å². The number of nitrogens with one attached hydrogen (secondary N) is 1. The maximum absolute atomic E-state index is 11.2. The number of hydrogen-bond donors (Lipinski definition) is 1. The third kappa shape index (κ3) is 4.30. The van der Waals surface area contributed by atoms with E-state index in [0.717, 1.165) is 11.4 Å². The topological polar surface area (TPSA) is 38.3 Å². The number of carbonyl (C=O) groups is 1. The van der Waals surface area contributed by atoms with E-state index in [2.05, 4.69) is 16.1 Å². The summed E-state index contributed by atoms with van der Waals surface area (Å²) in [5.74, 6) is 2.38. The molecule has 1 fully saturated rings. The molecule has 100 valence electrons. The molecule has 0 aliphatic carbocycles. The smallest absolute Gasteiger partial charge is 0.310 e. The van der Waals surface area contributed by atoms with Crippen LogP contribution in [0.3, 0.4) is 0 Å². The van der Waals surface area contributed by atoms with Gasteiger partial charge >= 0.3 is 5.97 Å². The van der Waals surface area contributed by atoms with Gasteiger partial charge in [-0.05, 0) is 36.5 Å². The highest BCUT2D eigenvalue weighted by Crippen LogP contribution is 2.20. The van der Waals surface area contributed by atoms with Gasteiger partial charge in [-0.15, -0.1) is 11.3 Å². The molecule has 3 nitrogen and oxygen atoms in total. The van der Waals surface area contributed by atoms with Gasteiger partial charge in [0, 0.05) is 22.3 Å². The van der Waals surface area contributed by atoms with E-state index in [1.165, 1.54) is 36.3 Å². The Morgan fingerprint density at radius 1 is 1.39 bits per heavy atom. The third-order valence-corrected chi connectivity index (χ3v) is 5.18. The van der Waals surface area contributed by atoms with Crippen molar-refractivity contribution >= 4 is 29.1 Å². The number of methoxy groups -OCH3 is 1. The summed E-state index contributed by atoms with van der Waals surface area (Å²) in [5.41, 5.74) is 0. The molecule has 0 bridgehead atoms. The molecular formula is C13H19NO2S2. The Bertz CT molecular complexity index is 386. The SMILES string of the molecule is COC(=O)Cc1ccc(CNC2CCSCC2)s1. The molecule has 1 aromatic rings. The molecule has 1 aromatic heterocycles. The molecule has 5 heteroatoms. The van der Waals surface area contributed by atoms with Crippen LogP contribution in [0.2, 0.25) is 0 Å². The number of thiophene rings is 1. The zero-order chi connectivity index (χ0) is 12.8. The van der Waals surface area contributed by atoms with Crippen LogP contribution >= 0.6 is 23.1 Å². The van der Waals surface area contributed by atoms with Crippen molar-refractivity contribution in [2.24, 2.45) is 0 Å². The van der Waals surface area contributed by atoms with Crippen molar-refractivity contribution in [2.45, 2.75) is 31.8 Å². The predicted molar refractivity (Wildman–Crippen MR) is 77.2 cm³/mol. The predicted octanol–water partition coefficient (Wildman–Crippen LogP) is 2.45. The minimum absolute atomic E-state index is 0.166. The van der Waals surface area contributed by atoms with Crippen LogP contribution < -0.4 is 5.32 Å². The summed E-state index contributed by atoms with van der Waals surface area (Å²) in [7, 11) is 1.43. The van der Waals surface area contributed by atoms with E-state index in [9.17, 15) is 4.79 Å². The summed E-state index contributed by atoms with van der Waals surface area (Å²) < 4.78 is 4.67. The standard InChI is InChI=1S/C13H19NO2S2/c1-16-13(15)8-11-2-3-12(18-11)9-14-10-4-6-17-7-5-10/h2-3,10,14H,4-9H2,1H3. The van der Waals surface area contributed by atoms with E-state index in [1.54, 1.807) is 11.3 Å².